The zero-order valence-corrected chi connectivity index (χ0v) is 12.0. The topological polar surface area (TPSA) is 96.2 Å². The highest BCUT2D eigenvalue weighted by molar-refractivity contribution is 6.00. The van der Waals surface area contributed by atoms with E-state index in [4.69, 9.17) is 5.73 Å². The van der Waals surface area contributed by atoms with Gasteiger partial charge in [-0.15, -0.1) is 0 Å². The number of carbonyl (C=O) groups excluding carboxylic acids is 2. The van der Waals surface area contributed by atoms with Gasteiger partial charge in [0.1, 0.15) is 0 Å². The summed E-state index contributed by atoms with van der Waals surface area (Å²) in [7, 11) is 0. The molecule has 110 valence electrons. The molecular weight excluding hydrogens is 256 g/mol. The molecule has 2 amide bonds. The van der Waals surface area contributed by atoms with Crippen molar-refractivity contribution < 1.29 is 9.59 Å². The third kappa shape index (κ3) is 4.79. The molecule has 0 unspecified atom stereocenters. The first-order valence-corrected chi connectivity index (χ1v) is 6.76. The fourth-order valence-electron chi connectivity index (χ4n) is 1.66. The number of nitrogens with one attached hydrogen (secondary N) is 3. The fourth-order valence-corrected chi connectivity index (χ4v) is 1.66. The van der Waals surface area contributed by atoms with Crippen molar-refractivity contribution in [1.82, 2.24) is 10.6 Å². The molecule has 0 aliphatic heterocycles. The van der Waals surface area contributed by atoms with Crippen LogP contribution in [0.1, 0.15) is 30.6 Å². The maximum atomic E-state index is 11.9. The van der Waals surface area contributed by atoms with Gasteiger partial charge in [0.25, 0.3) is 5.91 Å². The van der Waals surface area contributed by atoms with E-state index in [9.17, 15) is 9.59 Å². The van der Waals surface area contributed by atoms with Gasteiger partial charge in [0.05, 0.1) is 12.1 Å². The number of nitrogen functional groups attached to an aromatic ring is 1. The first kappa shape index (κ1) is 15.8. The Kier molecular flexibility index (Phi) is 6.36. The normalized spacial score (nSPS) is 9.90. The van der Waals surface area contributed by atoms with Crippen molar-refractivity contribution in [3.05, 3.63) is 23.8 Å². The number of hydrogen-bond donors (Lipinski definition) is 4. The molecule has 0 atom stereocenters. The van der Waals surface area contributed by atoms with Crippen LogP contribution in [0.2, 0.25) is 0 Å². The molecule has 1 rings (SSSR count). The lowest BCUT2D eigenvalue weighted by atomic mass is 10.1. The molecule has 5 N–H and O–H groups in total. The summed E-state index contributed by atoms with van der Waals surface area (Å²) in [6, 6.07) is 4.96. The molecule has 0 aromatic heterocycles. The number of anilines is 2. The van der Waals surface area contributed by atoms with E-state index in [0.717, 1.165) is 6.42 Å². The largest absolute Gasteiger partial charge is 0.399 e. The van der Waals surface area contributed by atoms with Gasteiger partial charge in [0.2, 0.25) is 5.91 Å². The number of hydrogen-bond acceptors (Lipinski definition) is 4. The van der Waals surface area contributed by atoms with Crippen LogP contribution in [0.3, 0.4) is 0 Å². The minimum Gasteiger partial charge on any atom is -0.399 e. The van der Waals surface area contributed by atoms with Crippen molar-refractivity contribution >= 4 is 23.2 Å². The molecule has 1 aromatic rings. The van der Waals surface area contributed by atoms with Crippen LogP contribution in [0.25, 0.3) is 0 Å². The van der Waals surface area contributed by atoms with E-state index >= 15 is 0 Å². The van der Waals surface area contributed by atoms with Gasteiger partial charge in [0.15, 0.2) is 0 Å². The summed E-state index contributed by atoms with van der Waals surface area (Å²) in [5, 5.41) is 8.43. The van der Waals surface area contributed by atoms with Crippen LogP contribution in [0, 0.1) is 0 Å². The average Bonchev–Trinajstić information content (AvgIpc) is 2.43. The first-order valence-electron chi connectivity index (χ1n) is 6.76. The van der Waals surface area contributed by atoms with E-state index in [-0.39, 0.29) is 18.4 Å². The van der Waals surface area contributed by atoms with Gasteiger partial charge in [-0.25, -0.2) is 0 Å². The minimum absolute atomic E-state index is 0.107. The summed E-state index contributed by atoms with van der Waals surface area (Å²) in [5.74, 6) is -0.305. The van der Waals surface area contributed by atoms with Crippen molar-refractivity contribution in [2.75, 3.05) is 30.7 Å². The highest BCUT2D eigenvalue weighted by atomic mass is 16.2. The van der Waals surface area contributed by atoms with Gasteiger partial charge in [0, 0.05) is 24.5 Å². The molecule has 0 spiro atoms. The molecule has 6 heteroatoms. The van der Waals surface area contributed by atoms with Gasteiger partial charge in [-0.2, -0.15) is 0 Å². The quantitative estimate of drug-likeness (QED) is 0.558. The van der Waals surface area contributed by atoms with Gasteiger partial charge < -0.3 is 21.7 Å². The lowest BCUT2D eigenvalue weighted by Crippen LogP contribution is -2.31. The molecule has 0 aliphatic carbocycles. The van der Waals surface area contributed by atoms with Crippen LogP contribution in [0.15, 0.2) is 18.2 Å². The van der Waals surface area contributed by atoms with Gasteiger partial charge in [-0.05, 0) is 31.5 Å². The molecule has 0 saturated carbocycles. The second-order valence-corrected chi connectivity index (χ2v) is 4.37. The predicted octanol–water partition coefficient (Wildman–Crippen LogP) is 0.957. The van der Waals surface area contributed by atoms with E-state index in [1.165, 1.54) is 0 Å². The zero-order chi connectivity index (χ0) is 15.0. The summed E-state index contributed by atoms with van der Waals surface area (Å²) < 4.78 is 0. The monoisotopic (exact) mass is 278 g/mol. The Morgan fingerprint density at radius 3 is 2.60 bits per heavy atom. The average molecular weight is 278 g/mol. The van der Waals surface area contributed by atoms with E-state index < -0.39 is 0 Å². The highest BCUT2D eigenvalue weighted by Crippen LogP contribution is 2.19. The Morgan fingerprint density at radius 1 is 1.20 bits per heavy atom. The molecule has 0 bridgehead atoms. The number of carbonyl (C=O) groups is 2. The van der Waals surface area contributed by atoms with Crippen LogP contribution in [-0.4, -0.2) is 31.4 Å². The van der Waals surface area contributed by atoms with E-state index in [2.05, 4.69) is 16.0 Å². The lowest BCUT2D eigenvalue weighted by Gasteiger charge is -2.12. The number of nitrogens with two attached hydrogens (primary N) is 1. The molecule has 1 aromatic carbocycles. The fraction of sp³-hybridized carbons (Fsp3) is 0.429. The van der Waals surface area contributed by atoms with Crippen molar-refractivity contribution in [1.29, 1.82) is 0 Å². The summed E-state index contributed by atoms with van der Waals surface area (Å²) >= 11 is 0. The zero-order valence-electron chi connectivity index (χ0n) is 12.0. The lowest BCUT2D eigenvalue weighted by molar-refractivity contribution is -0.119. The Hall–Kier alpha value is -2.24. The summed E-state index contributed by atoms with van der Waals surface area (Å²) in [6.45, 7) is 5.12. The molecule has 0 heterocycles. The standard InChI is InChI=1S/C14H22N4O2/c1-3-7-17-13(19)9-18-12-8-10(15)5-6-11(12)14(20)16-4-2/h5-6,8,18H,3-4,7,9,15H2,1-2H3,(H,16,20)(H,17,19). The van der Waals surface area contributed by atoms with Gasteiger partial charge in [-0.3, -0.25) is 9.59 Å². The second kappa shape index (κ2) is 8.04. The maximum absolute atomic E-state index is 11.9. The minimum atomic E-state index is -0.191. The van der Waals surface area contributed by atoms with Crippen LogP contribution in [0.4, 0.5) is 11.4 Å². The maximum Gasteiger partial charge on any atom is 0.253 e. The third-order valence-electron chi connectivity index (χ3n) is 2.64. The van der Waals surface area contributed by atoms with Crippen molar-refractivity contribution in [3.63, 3.8) is 0 Å². The molecule has 0 saturated heterocycles. The van der Waals surface area contributed by atoms with Crippen molar-refractivity contribution in [3.8, 4) is 0 Å². The van der Waals surface area contributed by atoms with Crippen LogP contribution >= 0.6 is 0 Å². The second-order valence-electron chi connectivity index (χ2n) is 4.37. The molecule has 0 aliphatic rings. The number of rotatable bonds is 7. The van der Waals surface area contributed by atoms with Crippen molar-refractivity contribution in [2.24, 2.45) is 0 Å². The van der Waals surface area contributed by atoms with E-state index in [1.54, 1.807) is 18.2 Å². The smallest absolute Gasteiger partial charge is 0.253 e. The molecule has 6 nitrogen and oxygen atoms in total. The molecule has 0 fully saturated rings. The molecular formula is C14H22N4O2. The Balaban J connectivity index is 2.74. The van der Waals surface area contributed by atoms with E-state index in [1.807, 2.05) is 13.8 Å². The third-order valence-corrected chi connectivity index (χ3v) is 2.64. The van der Waals surface area contributed by atoms with Crippen LogP contribution < -0.4 is 21.7 Å². The Labute approximate surface area is 119 Å². The SMILES string of the molecule is CCCNC(=O)CNc1cc(N)ccc1C(=O)NCC. The highest BCUT2D eigenvalue weighted by Gasteiger charge is 2.11. The molecule has 0 radical (unpaired) electrons. The Morgan fingerprint density at radius 2 is 1.95 bits per heavy atom. The van der Waals surface area contributed by atoms with Crippen LogP contribution in [0.5, 0.6) is 0 Å². The van der Waals surface area contributed by atoms with Gasteiger partial charge >= 0.3 is 0 Å². The summed E-state index contributed by atoms with van der Waals surface area (Å²) in [4.78, 5) is 23.5. The number of benzene rings is 1. The van der Waals surface area contributed by atoms with Crippen molar-refractivity contribution in [2.45, 2.75) is 20.3 Å². The Bertz CT molecular complexity index is 474. The summed E-state index contributed by atoms with van der Waals surface area (Å²) in [5.41, 5.74) is 7.29. The number of amides is 2. The predicted molar refractivity (Wildman–Crippen MR) is 80.7 cm³/mol. The summed E-state index contributed by atoms with van der Waals surface area (Å²) in [6.07, 6.45) is 0.883. The van der Waals surface area contributed by atoms with Gasteiger partial charge in [-0.1, -0.05) is 6.92 Å². The van der Waals surface area contributed by atoms with E-state index in [0.29, 0.717) is 30.0 Å². The first-order chi connectivity index (χ1) is 9.58. The van der Waals surface area contributed by atoms with Crippen LogP contribution in [-0.2, 0) is 4.79 Å². The molecule has 20 heavy (non-hydrogen) atoms.